The van der Waals surface area contributed by atoms with Crippen molar-refractivity contribution in [2.45, 2.75) is 26.3 Å². The Balaban J connectivity index is 1.84. The smallest absolute Gasteiger partial charge is 0.240 e. The summed E-state index contributed by atoms with van der Waals surface area (Å²) in [5.41, 5.74) is 2.60. The average molecular weight is 389 g/mol. The molecule has 0 saturated heterocycles. The summed E-state index contributed by atoms with van der Waals surface area (Å²) >= 11 is 0. The number of hydrogen-bond donors (Lipinski definition) is 1. The van der Waals surface area contributed by atoms with Gasteiger partial charge in [0.1, 0.15) is 5.82 Å². The maximum atomic E-state index is 13.6. The van der Waals surface area contributed by atoms with Crippen LogP contribution >= 0.6 is 0 Å². The molecule has 2 aromatic carbocycles. The van der Waals surface area contributed by atoms with Gasteiger partial charge in [-0.3, -0.25) is 9.52 Å². The van der Waals surface area contributed by atoms with Crippen molar-refractivity contribution in [2.75, 3.05) is 10.5 Å². The number of nitrogens with one attached hydrogen (secondary N) is 1. The van der Waals surface area contributed by atoms with Gasteiger partial charge in [-0.25, -0.2) is 17.8 Å². The lowest BCUT2D eigenvalue weighted by Crippen LogP contribution is -2.24. The normalized spacial score (nSPS) is 16.9. The first kappa shape index (κ1) is 19.0. The van der Waals surface area contributed by atoms with Crippen LogP contribution in [0.3, 0.4) is 0 Å². The molecular formula is C19H20FN3O3S. The number of hydrogen-bond acceptors (Lipinski definition) is 4. The summed E-state index contributed by atoms with van der Waals surface area (Å²) in [4.78, 5) is 12.0. The number of hydrazone groups is 1. The Kier molecular flexibility index (Phi) is 5.27. The van der Waals surface area contributed by atoms with Crippen molar-refractivity contribution in [2.24, 2.45) is 5.10 Å². The fourth-order valence-electron chi connectivity index (χ4n) is 2.93. The van der Waals surface area contributed by atoms with Crippen LogP contribution in [0.5, 0.6) is 0 Å². The molecule has 6 nitrogen and oxygen atoms in total. The number of benzene rings is 2. The highest BCUT2D eigenvalue weighted by Gasteiger charge is 2.31. The molecule has 142 valence electrons. The molecule has 0 saturated carbocycles. The topological polar surface area (TPSA) is 78.8 Å². The number of halogens is 1. The third-order valence-electron chi connectivity index (χ3n) is 4.34. The second kappa shape index (κ2) is 7.48. The molecular weight excluding hydrogens is 369 g/mol. The summed E-state index contributed by atoms with van der Waals surface area (Å²) in [5.74, 6) is -0.603. The van der Waals surface area contributed by atoms with Gasteiger partial charge in [-0.1, -0.05) is 24.3 Å². The zero-order valence-electron chi connectivity index (χ0n) is 15.0. The van der Waals surface area contributed by atoms with Gasteiger partial charge in [-0.15, -0.1) is 0 Å². The first-order valence-corrected chi connectivity index (χ1v) is 10.2. The monoisotopic (exact) mass is 389 g/mol. The predicted molar refractivity (Wildman–Crippen MR) is 102 cm³/mol. The van der Waals surface area contributed by atoms with Gasteiger partial charge in [-0.2, -0.15) is 5.10 Å². The van der Waals surface area contributed by atoms with Crippen LogP contribution in [0.1, 0.15) is 37.4 Å². The van der Waals surface area contributed by atoms with Crippen LogP contribution < -0.4 is 4.72 Å². The summed E-state index contributed by atoms with van der Waals surface area (Å²) in [5, 5.41) is 5.76. The highest BCUT2D eigenvalue weighted by atomic mass is 32.2. The van der Waals surface area contributed by atoms with Gasteiger partial charge >= 0.3 is 0 Å². The predicted octanol–water partition coefficient (Wildman–Crippen LogP) is 3.28. The molecule has 0 bridgehead atoms. The molecule has 0 aromatic heterocycles. The second-order valence-corrected chi connectivity index (χ2v) is 8.28. The lowest BCUT2D eigenvalue weighted by molar-refractivity contribution is -0.130. The maximum Gasteiger partial charge on any atom is 0.240 e. The van der Waals surface area contributed by atoms with Crippen molar-refractivity contribution < 1.29 is 17.6 Å². The Morgan fingerprint density at radius 2 is 1.96 bits per heavy atom. The lowest BCUT2D eigenvalue weighted by Gasteiger charge is -2.20. The van der Waals surface area contributed by atoms with Gasteiger partial charge in [0.25, 0.3) is 0 Å². The summed E-state index contributed by atoms with van der Waals surface area (Å²) < 4.78 is 39.4. The standard InChI is InChI=1S/C19H20FN3O3S/c1-3-27(25,26)22-17-9-7-14(8-10-17)18-12-19(23(21-18)13(2)24)15-5-4-6-16(20)11-15/h4-11,19,22H,3,12H2,1-2H3/t19-/m1/s1. The molecule has 1 amide bonds. The molecule has 3 rings (SSSR count). The molecule has 0 fully saturated rings. The van der Waals surface area contributed by atoms with E-state index >= 15 is 0 Å². The van der Waals surface area contributed by atoms with Crippen LogP contribution in [0.4, 0.5) is 10.1 Å². The maximum absolute atomic E-state index is 13.6. The molecule has 27 heavy (non-hydrogen) atoms. The van der Waals surface area contributed by atoms with Crippen molar-refractivity contribution in [1.82, 2.24) is 5.01 Å². The van der Waals surface area contributed by atoms with Gasteiger partial charge in [0, 0.05) is 19.0 Å². The van der Waals surface area contributed by atoms with Crippen LogP contribution in [0, 0.1) is 5.82 Å². The summed E-state index contributed by atoms with van der Waals surface area (Å²) in [7, 11) is -3.34. The van der Waals surface area contributed by atoms with Crippen LogP contribution in [0.25, 0.3) is 0 Å². The minimum atomic E-state index is -3.34. The molecule has 0 aliphatic carbocycles. The molecule has 0 radical (unpaired) electrons. The molecule has 1 aliphatic heterocycles. The quantitative estimate of drug-likeness (QED) is 0.852. The van der Waals surface area contributed by atoms with E-state index in [0.717, 1.165) is 5.56 Å². The van der Waals surface area contributed by atoms with E-state index in [1.165, 1.54) is 24.1 Å². The van der Waals surface area contributed by atoms with E-state index in [1.54, 1.807) is 43.3 Å². The largest absolute Gasteiger partial charge is 0.284 e. The van der Waals surface area contributed by atoms with E-state index in [1.807, 2.05) is 0 Å². The highest BCUT2D eigenvalue weighted by Crippen LogP contribution is 2.33. The first-order valence-electron chi connectivity index (χ1n) is 8.52. The highest BCUT2D eigenvalue weighted by molar-refractivity contribution is 7.92. The fraction of sp³-hybridized carbons (Fsp3) is 0.263. The van der Waals surface area contributed by atoms with Crippen molar-refractivity contribution in [1.29, 1.82) is 0 Å². The minimum Gasteiger partial charge on any atom is -0.284 e. The van der Waals surface area contributed by atoms with E-state index in [9.17, 15) is 17.6 Å². The van der Waals surface area contributed by atoms with Crippen molar-refractivity contribution in [3.8, 4) is 0 Å². The summed E-state index contributed by atoms with van der Waals surface area (Å²) in [6.45, 7) is 2.98. The molecule has 1 N–H and O–H groups in total. The van der Waals surface area contributed by atoms with Crippen LogP contribution in [-0.2, 0) is 14.8 Å². The number of carbonyl (C=O) groups excluding carboxylic acids is 1. The number of anilines is 1. The van der Waals surface area contributed by atoms with Gasteiger partial charge in [0.2, 0.25) is 15.9 Å². The van der Waals surface area contributed by atoms with Gasteiger partial charge in [-0.05, 0) is 42.3 Å². The molecule has 8 heteroatoms. The molecule has 1 aliphatic rings. The Bertz CT molecular complexity index is 988. The van der Waals surface area contributed by atoms with Crippen LogP contribution in [0.2, 0.25) is 0 Å². The molecule has 0 spiro atoms. The van der Waals surface area contributed by atoms with Crippen molar-refractivity contribution >= 4 is 27.3 Å². The van der Waals surface area contributed by atoms with Gasteiger partial charge in [0.15, 0.2) is 0 Å². The van der Waals surface area contributed by atoms with Crippen LogP contribution in [0.15, 0.2) is 53.6 Å². The summed E-state index contributed by atoms with van der Waals surface area (Å²) in [6.07, 6.45) is 0.447. The molecule has 0 unspecified atom stereocenters. The lowest BCUT2D eigenvalue weighted by atomic mass is 9.98. The number of sulfonamides is 1. The fourth-order valence-corrected chi connectivity index (χ4v) is 3.57. The van der Waals surface area contributed by atoms with Gasteiger partial charge < -0.3 is 0 Å². The molecule has 1 atom stereocenters. The Morgan fingerprint density at radius 3 is 2.56 bits per heavy atom. The van der Waals surface area contributed by atoms with Gasteiger partial charge in [0.05, 0.1) is 17.5 Å². The number of rotatable bonds is 5. The number of amides is 1. The average Bonchev–Trinajstić information content (AvgIpc) is 3.08. The molecule has 1 heterocycles. The zero-order chi connectivity index (χ0) is 19.6. The minimum absolute atomic E-state index is 0.00958. The zero-order valence-corrected chi connectivity index (χ0v) is 15.8. The van der Waals surface area contributed by atoms with Crippen molar-refractivity contribution in [3.63, 3.8) is 0 Å². The van der Waals surface area contributed by atoms with Crippen LogP contribution in [-0.4, -0.2) is 30.8 Å². The summed E-state index contributed by atoms with van der Waals surface area (Å²) in [6, 6.07) is 12.6. The van der Waals surface area contributed by atoms with E-state index in [0.29, 0.717) is 23.4 Å². The van der Waals surface area contributed by atoms with E-state index in [-0.39, 0.29) is 23.5 Å². The number of nitrogens with zero attached hydrogens (tertiary/aromatic N) is 2. The van der Waals surface area contributed by atoms with Crippen molar-refractivity contribution in [3.05, 3.63) is 65.5 Å². The SMILES string of the molecule is CCS(=O)(=O)Nc1ccc(C2=NN(C(C)=O)[C@@H](c3cccc(F)c3)C2)cc1. The van der Waals surface area contributed by atoms with E-state index in [4.69, 9.17) is 0 Å². The second-order valence-electron chi connectivity index (χ2n) is 6.27. The molecule has 2 aromatic rings. The third-order valence-corrected chi connectivity index (χ3v) is 5.64. The Morgan fingerprint density at radius 1 is 1.26 bits per heavy atom. The first-order chi connectivity index (χ1) is 12.8. The van der Waals surface area contributed by atoms with E-state index < -0.39 is 10.0 Å². The van der Waals surface area contributed by atoms with E-state index in [2.05, 4.69) is 9.82 Å². The number of carbonyl (C=O) groups is 1. The third kappa shape index (κ3) is 4.33. The Hall–Kier alpha value is -2.74. The Labute approximate surface area is 157 Å².